The van der Waals surface area contributed by atoms with Crippen molar-refractivity contribution in [2.24, 2.45) is 5.92 Å². The van der Waals surface area contributed by atoms with E-state index in [2.05, 4.69) is 11.4 Å². The molecule has 1 N–H and O–H groups in total. The first-order chi connectivity index (χ1) is 8.16. The first-order valence-corrected chi connectivity index (χ1v) is 5.95. The van der Waals surface area contributed by atoms with Crippen LogP contribution in [0, 0.1) is 18.7 Å². The Morgan fingerprint density at radius 2 is 2.24 bits per heavy atom. The second-order valence-electron chi connectivity index (χ2n) is 4.82. The fourth-order valence-corrected chi connectivity index (χ4v) is 2.17. The Balaban J connectivity index is 2.05. The Kier molecular flexibility index (Phi) is 2.28. The molecule has 88 valence electrons. The van der Waals surface area contributed by atoms with E-state index in [0.29, 0.717) is 18.0 Å². The lowest BCUT2D eigenvalue weighted by Crippen LogP contribution is -2.13. The largest absolute Gasteiger partial charge is 0.348 e. The topological polar surface area (TPSA) is 29.1 Å². The molecule has 2 nitrogen and oxygen atoms in total. The van der Waals surface area contributed by atoms with Gasteiger partial charge in [0.1, 0.15) is 5.82 Å². The van der Waals surface area contributed by atoms with Gasteiger partial charge in [-0.05, 0) is 48.4 Å². The Hall–Kier alpha value is -1.64. The van der Waals surface area contributed by atoms with Gasteiger partial charge in [0.15, 0.2) is 0 Å². The summed E-state index contributed by atoms with van der Waals surface area (Å²) < 4.78 is 14.1. The molecule has 3 rings (SSSR count). The fourth-order valence-electron chi connectivity index (χ4n) is 2.17. The highest BCUT2D eigenvalue weighted by atomic mass is 19.1. The van der Waals surface area contributed by atoms with E-state index in [4.69, 9.17) is 0 Å². The predicted molar refractivity (Wildman–Crippen MR) is 64.1 cm³/mol. The number of rotatable bonds is 2. The molecule has 1 aromatic rings. The fraction of sp³-hybridized carbons (Fsp3) is 0.357. The van der Waals surface area contributed by atoms with Crippen LogP contribution in [0.25, 0.3) is 6.08 Å². The molecule has 0 saturated heterocycles. The molecule has 1 aliphatic heterocycles. The minimum Gasteiger partial charge on any atom is -0.348 e. The van der Waals surface area contributed by atoms with Crippen LogP contribution in [-0.2, 0) is 6.54 Å². The van der Waals surface area contributed by atoms with Gasteiger partial charge in [0.25, 0.3) is 5.91 Å². The van der Waals surface area contributed by atoms with Crippen molar-refractivity contribution in [3.63, 3.8) is 0 Å². The Morgan fingerprint density at radius 3 is 2.94 bits per heavy atom. The summed E-state index contributed by atoms with van der Waals surface area (Å²) in [6.07, 6.45) is 6.60. The summed E-state index contributed by atoms with van der Waals surface area (Å²) in [6.45, 7) is 2.17. The summed E-state index contributed by atoms with van der Waals surface area (Å²) in [5, 5.41) is 2.65. The lowest BCUT2D eigenvalue weighted by atomic mass is 9.99. The number of benzene rings is 1. The third-order valence-corrected chi connectivity index (χ3v) is 3.47. The highest BCUT2D eigenvalue weighted by Gasteiger charge is 2.25. The van der Waals surface area contributed by atoms with Crippen LogP contribution in [0.3, 0.4) is 0 Å². The van der Waals surface area contributed by atoms with E-state index >= 15 is 0 Å². The average Bonchev–Trinajstić information content (AvgIpc) is 3.06. The van der Waals surface area contributed by atoms with Gasteiger partial charge in [-0.3, -0.25) is 4.79 Å². The van der Waals surface area contributed by atoms with Gasteiger partial charge >= 0.3 is 0 Å². The first-order valence-electron chi connectivity index (χ1n) is 5.95. The molecule has 0 unspecified atom stereocenters. The molecule has 1 aromatic carbocycles. The van der Waals surface area contributed by atoms with E-state index in [1.165, 1.54) is 12.8 Å². The van der Waals surface area contributed by atoms with Crippen molar-refractivity contribution < 1.29 is 9.18 Å². The van der Waals surface area contributed by atoms with Crippen LogP contribution in [0.15, 0.2) is 12.1 Å². The molecule has 0 spiro atoms. The molecule has 17 heavy (non-hydrogen) atoms. The van der Waals surface area contributed by atoms with E-state index in [-0.39, 0.29) is 17.3 Å². The molecular weight excluding hydrogens is 217 g/mol. The number of fused-ring (bicyclic) bond motifs is 1. The van der Waals surface area contributed by atoms with E-state index in [9.17, 15) is 9.18 Å². The zero-order valence-corrected chi connectivity index (χ0v) is 9.72. The van der Waals surface area contributed by atoms with E-state index in [1.54, 1.807) is 6.92 Å². The molecule has 3 heteroatoms. The van der Waals surface area contributed by atoms with Crippen LogP contribution >= 0.6 is 0 Å². The Labute approximate surface area is 99.5 Å². The van der Waals surface area contributed by atoms with Crippen molar-refractivity contribution in [3.05, 3.63) is 40.2 Å². The molecule has 1 amide bonds. The van der Waals surface area contributed by atoms with Crippen LogP contribution in [0.5, 0.6) is 0 Å². The second kappa shape index (κ2) is 3.69. The van der Waals surface area contributed by atoms with Crippen molar-refractivity contribution in [1.82, 2.24) is 5.32 Å². The number of amides is 1. The molecule has 1 aliphatic carbocycles. The van der Waals surface area contributed by atoms with Crippen LogP contribution in [0.1, 0.15) is 39.9 Å². The smallest absolute Gasteiger partial charge is 0.254 e. The van der Waals surface area contributed by atoms with Crippen LogP contribution in [0.4, 0.5) is 4.39 Å². The van der Waals surface area contributed by atoms with Gasteiger partial charge in [0, 0.05) is 6.54 Å². The molecule has 1 heterocycles. The summed E-state index contributed by atoms with van der Waals surface area (Å²) in [5.74, 6) is 0.0109. The quantitative estimate of drug-likeness (QED) is 0.833. The number of halogens is 1. The van der Waals surface area contributed by atoms with Crippen molar-refractivity contribution >= 4 is 12.0 Å². The molecule has 1 saturated carbocycles. The highest BCUT2D eigenvalue weighted by Crippen LogP contribution is 2.32. The van der Waals surface area contributed by atoms with Crippen LogP contribution in [-0.4, -0.2) is 5.91 Å². The van der Waals surface area contributed by atoms with E-state index in [1.807, 2.05) is 12.1 Å². The normalized spacial score (nSPS) is 18.6. The van der Waals surface area contributed by atoms with E-state index in [0.717, 1.165) is 11.1 Å². The number of nitrogens with one attached hydrogen (secondary N) is 1. The molecular formula is C14H14FNO. The van der Waals surface area contributed by atoms with Gasteiger partial charge in [-0.1, -0.05) is 12.2 Å². The molecule has 1 fully saturated rings. The summed E-state index contributed by atoms with van der Waals surface area (Å²) in [4.78, 5) is 11.5. The zero-order chi connectivity index (χ0) is 12.0. The van der Waals surface area contributed by atoms with Crippen LogP contribution in [0.2, 0.25) is 0 Å². The van der Waals surface area contributed by atoms with Gasteiger partial charge in [0.2, 0.25) is 0 Å². The maximum atomic E-state index is 14.1. The predicted octanol–water partition coefficient (Wildman–Crippen LogP) is 2.80. The minimum absolute atomic E-state index is 0.228. The zero-order valence-electron chi connectivity index (χ0n) is 9.72. The number of allylic oxidation sites excluding steroid dienone is 1. The molecule has 0 radical (unpaired) electrons. The standard InChI is InChI=1S/C14H14FNO/c1-8-10(5-4-9-2-3-9)6-11-7-16-14(17)12(11)13(8)15/h4-6,9H,2-3,7H2,1H3,(H,16,17)/b5-4-. The van der Waals surface area contributed by atoms with Crippen molar-refractivity contribution in [2.45, 2.75) is 26.3 Å². The van der Waals surface area contributed by atoms with Crippen molar-refractivity contribution in [3.8, 4) is 0 Å². The van der Waals surface area contributed by atoms with Gasteiger partial charge < -0.3 is 5.32 Å². The number of hydrogen-bond donors (Lipinski definition) is 1. The van der Waals surface area contributed by atoms with Crippen LogP contribution < -0.4 is 5.32 Å². The Bertz CT molecular complexity index is 530. The maximum Gasteiger partial charge on any atom is 0.254 e. The monoisotopic (exact) mass is 231 g/mol. The second-order valence-corrected chi connectivity index (χ2v) is 4.82. The third-order valence-electron chi connectivity index (χ3n) is 3.47. The highest BCUT2D eigenvalue weighted by molar-refractivity contribution is 5.99. The lowest BCUT2D eigenvalue weighted by molar-refractivity contribution is 0.0962. The average molecular weight is 231 g/mol. The van der Waals surface area contributed by atoms with Crippen molar-refractivity contribution in [1.29, 1.82) is 0 Å². The van der Waals surface area contributed by atoms with E-state index < -0.39 is 0 Å². The van der Waals surface area contributed by atoms with Gasteiger partial charge in [0.05, 0.1) is 5.56 Å². The molecule has 0 bridgehead atoms. The molecule has 2 aliphatic rings. The van der Waals surface area contributed by atoms with Gasteiger partial charge in [-0.15, -0.1) is 0 Å². The lowest BCUT2D eigenvalue weighted by Gasteiger charge is -2.06. The first kappa shape index (κ1) is 10.5. The van der Waals surface area contributed by atoms with Crippen molar-refractivity contribution in [2.75, 3.05) is 0 Å². The number of carbonyl (C=O) groups is 1. The summed E-state index contributed by atoms with van der Waals surface area (Å²) >= 11 is 0. The molecule has 0 atom stereocenters. The maximum absolute atomic E-state index is 14.1. The third kappa shape index (κ3) is 1.75. The number of hydrogen-bond acceptors (Lipinski definition) is 1. The van der Waals surface area contributed by atoms with Gasteiger partial charge in [-0.2, -0.15) is 0 Å². The molecule has 0 aromatic heterocycles. The Morgan fingerprint density at radius 1 is 1.47 bits per heavy atom. The summed E-state index contributed by atoms with van der Waals surface area (Å²) in [7, 11) is 0. The summed E-state index contributed by atoms with van der Waals surface area (Å²) in [6, 6.07) is 1.92. The minimum atomic E-state index is -0.368. The number of carbonyl (C=O) groups excluding carboxylic acids is 1. The SMILES string of the molecule is Cc1c(/C=C\C2CC2)cc2c(c1F)C(=O)NC2. The summed E-state index contributed by atoms with van der Waals surface area (Å²) in [5.41, 5.74) is 2.46. The van der Waals surface area contributed by atoms with Gasteiger partial charge in [-0.25, -0.2) is 4.39 Å².